The molecule has 0 aromatic heterocycles. The van der Waals surface area contributed by atoms with Crippen molar-refractivity contribution in [2.45, 2.75) is 12.8 Å². The van der Waals surface area contributed by atoms with Crippen LogP contribution in [-0.4, -0.2) is 25.5 Å². The van der Waals surface area contributed by atoms with Crippen molar-refractivity contribution in [2.75, 3.05) is 19.6 Å². The molecule has 0 atom stereocenters. The maximum Gasteiger partial charge on any atom is 0.251 e. The van der Waals surface area contributed by atoms with Crippen LogP contribution in [0.2, 0.25) is 0 Å². The Labute approximate surface area is 96.2 Å². The van der Waals surface area contributed by atoms with E-state index in [0.717, 1.165) is 37.5 Å². The van der Waals surface area contributed by atoms with Gasteiger partial charge in [0, 0.05) is 12.1 Å². The molecule has 1 aliphatic heterocycles. The SMILES string of the molecule is O=C(NCCCC1CNC1)c1ccccc1. The number of hydrogen-bond donors (Lipinski definition) is 2. The molecule has 0 aliphatic carbocycles. The Morgan fingerprint density at radius 1 is 1.31 bits per heavy atom. The third kappa shape index (κ3) is 3.07. The monoisotopic (exact) mass is 218 g/mol. The van der Waals surface area contributed by atoms with E-state index in [0.29, 0.717) is 0 Å². The van der Waals surface area contributed by atoms with Gasteiger partial charge in [0.1, 0.15) is 0 Å². The van der Waals surface area contributed by atoms with Gasteiger partial charge in [0.05, 0.1) is 0 Å². The highest BCUT2D eigenvalue weighted by Gasteiger charge is 2.15. The molecule has 1 fully saturated rings. The predicted molar refractivity (Wildman–Crippen MR) is 64.4 cm³/mol. The molecule has 0 saturated carbocycles. The van der Waals surface area contributed by atoms with Gasteiger partial charge in [-0.3, -0.25) is 4.79 Å². The van der Waals surface area contributed by atoms with Gasteiger partial charge < -0.3 is 10.6 Å². The van der Waals surface area contributed by atoms with E-state index in [1.165, 1.54) is 6.42 Å². The van der Waals surface area contributed by atoms with Crippen LogP contribution in [0.3, 0.4) is 0 Å². The second kappa shape index (κ2) is 5.66. The van der Waals surface area contributed by atoms with Gasteiger partial charge in [-0.25, -0.2) is 0 Å². The molecule has 86 valence electrons. The molecule has 1 heterocycles. The van der Waals surface area contributed by atoms with Crippen molar-refractivity contribution >= 4 is 5.91 Å². The maximum atomic E-state index is 11.6. The summed E-state index contributed by atoms with van der Waals surface area (Å²) in [5, 5.41) is 6.19. The minimum atomic E-state index is 0.0346. The minimum Gasteiger partial charge on any atom is -0.352 e. The molecule has 1 amide bonds. The molecule has 3 nitrogen and oxygen atoms in total. The normalized spacial score (nSPS) is 15.5. The highest BCUT2D eigenvalue weighted by atomic mass is 16.1. The Balaban J connectivity index is 1.64. The van der Waals surface area contributed by atoms with Crippen molar-refractivity contribution in [1.82, 2.24) is 10.6 Å². The molecular formula is C13H18N2O. The van der Waals surface area contributed by atoms with E-state index >= 15 is 0 Å². The predicted octanol–water partition coefficient (Wildman–Crippen LogP) is 1.42. The third-order valence-electron chi connectivity index (χ3n) is 2.98. The van der Waals surface area contributed by atoms with E-state index in [-0.39, 0.29) is 5.91 Å². The lowest BCUT2D eigenvalue weighted by molar-refractivity contribution is 0.0952. The van der Waals surface area contributed by atoms with Crippen LogP contribution in [0.25, 0.3) is 0 Å². The summed E-state index contributed by atoms with van der Waals surface area (Å²) in [6.07, 6.45) is 2.28. The molecule has 0 unspecified atom stereocenters. The summed E-state index contributed by atoms with van der Waals surface area (Å²) >= 11 is 0. The summed E-state index contributed by atoms with van der Waals surface area (Å²) < 4.78 is 0. The average Bonchev–Trinajstić information content (AvgIpc) is 2.27. The van der Waals surface area contributed by atoms with Crippen LogP contribution in [0.1, 0.15) is 23.2 Å². The van der Waals surface area contributed by atoms with E-state index in [1.54, 1.807) is 0 Å². The summed E-state index contributed by atoms with van der Waals surface area (Å²) in [6, 6.07) is 9.36. The summed E-state index contributed by atoms with van der Waals surface area (Å²) in [7, 11) is 0. The molecule has 1 aromatic rings. The Bertz CT molecular complexity index is 333. The highest BCUT2D eigenvalue weighted by Crippen LogP contribution is 2.09. The Kier molecular flexibility index (Phi) is 3.94. The first-order valence-electron chi connectivity index (χ1n) is 5.90. The van der Waals surface area contributed by atoms with E-state index in [9.17, 15) is 4.79 Å². The van der Waals surface area contributed by atoms with Crippen molar-refractivity contribution in [3.05, 3.63) is 35.9 Å². The van der Waals surface area contributed by atoms with E-state index in [1.807, 2.05) is 30.3 Å². The van der Waals surface area contributed by atoms with Crippen molar-refractivity contribution in [3.8, 4) is 0 Å². The Morgan fingerprint density at radius 3 is 2.69 bits per heavy atom. The zero-order valence-corrected chi connectivity index (χ0v) is 9.41. The van der Waals surface area contributed by atoms with E-state index in [4.69, 9.17) is 0 Å². The number of carbonyl (C=O) groups is 1. The van der Waals surface area contributed by atoms with Crippen LogP contribution in [0.15, 0.2) is 30.3 Å². The van der Waals surface area contributed by atoms with E-state index in [2.05, 4.69) is 10.6 Å². The first kappa shape index (κ1) is 11.1. The molecule has 16 heavy (non-hydrogen) atoms. The largest absolute Gasteiger partial charge is 0.352 e. The van der Waals surface area contributed by atoms with E-state index < -0.39 is 0 Å². The van der Waals surface area contributed by atoms with Crippen LogP contribution >= 0.6 is 0 Å². The first-order valence-corrected chi connectivity index (χ1v) is 5.90. The highest BCUT2D eigenvalue weighted by molar-refractivity contribution is 5.94. The molecule has 2 N–H and O–H groups in total. The zero-order valence-electron chi connectivity index (χ0n) is 9.41. The lowest BCUT2D eigenvalue weighted by atomic mass is 9.97. The molecule has 1 aliphatic rings. The van der Waals surface area contributed by atoms with Crippen molar-refractivity contribution in [1.29, 1.82) is 0 Å². The molecule has 0 spiro atoms. The average molecular weight is 218 g/mol. The summed E-state index contributed by atoms with van der Waals surface area (Å²) in [6.45, 7) is 3.07. The zero-order chi connectivity index (χ0) is 11.2. The standard InChI is InChI=1S/C13H18N2O/c16-13(12-6-2-1-3-7-12)15-8-4-5-11-9-14-10-11/h1-3,6-7,11,14H,4-5,8-10H2,(H,15,16). The van der Waals surface area contributed by atoms with Gasteiger partial charge in [0.25, 0.3) is 5.91 Å². The number of benzene rings is 1. The number of rotatable bonds is 5. The summed E-state index contributed by atoms with van der Waals surface area (Å²) in [5.41, 5.74) is 0.743. The number of carbonyl (C=O) groups excluding carboxylic acids is 1. The molecular weight excluding hydrogens is 200 g/mol. The fraction of sp³-hybridized carbons (Fsp3) is 0.462. The van der Waals surface area contributed by atoms with Crippen molar-refractivity contribution in [3.63, 3.8) is 0 Å². The second-order valence-electron chi connectivity index (χ2n) is 4.29. The van der Waals surface area contributed by atoms with Crippen molar-refractivity contribution in [2.24, 2.45) is 5.92 Å². The topological polar surface area (TPSA) is 41.1 Å². The summed E-state index contributed by atoms with van der Waals surface area (Å²) in [4.78, 5) is 11.6. The Morgan fingerprint density at radius 2 is 2.06 bits per heavy atom. The lowest BCUT2D eigenvalue weighted by Gasteiger charge is -2.26. The lowest BCUT2D eigenvalue weighted by Crippen LogP contribution is -2.42. The second-order valence-corrected chi connectivity index (χ2v) is 4.29. The van der Waals surface area contributed by atoms with Gasteiger partial charge in [-0.15, -0.1) is 0 Å². The van der Waals surface area contributed by atoms with Gasteiger partial charge in [0.15, 0.2) is 0 Å². The van der Waals surface area contributed by atoms with Gasteiger partial charge >= 0.3 is 0 Å². The minimum absolute atomic E-state index is 0.0346. The maximum absolute atomic E-state index is 11.6. The fourth-order valence-corrected chi connectivity index (χ4v) is 1.84. The molecule has 2 rings (SSSR count). The van der Waals surface area contributed by atoms with Gasteiger partial charge in [-0.2, -0.15) is 0 Å². The van der Waals surface area contributed by atoms with Crippen LogP contribution < -0.4 is 10.6 Å². The number of amides is 1. The third-order valence-corrected chi connectivity index (χ3v) is 2.98. The summed E-state index contributed by atoms with van der Waals surface area (Å²) in [5.74, 6) is 0.862. The molecule has 3 heteroatoms. The first-order chi connectivity index (χ1) is 7.86. The Hall–Kier alpha value is -1.35. The van der Waals surface area contributed by atoms with Gasteiger partial charge in [-0.05, 0) is 44.0 Å². The molecule has 1 aromatic carbocycles. The number of hydrogen-bond acceptors (Lipinski definition) is 2. The fourth-order valence-electron chi connectivity index (χ4n) is 1.84. The van der Waals surface area contributed by atoms with Gasteiger partial charge in [0.2, 0.25) is 0 Å². The molecule has 0 radical (unpaired) electrons. The van der Waals surface area contributed by atoms with Crippen LogP contribution in [0.4, 0.5) is 0 Å². The molecule has 0 bridgehead atoms. The van der Waals surface area contributed by atoms with Crippen LogP contribution in [-0.2, 0) is 0 Å². The quantitative estimate of drug-likeness (QED) is 0.734. The van der Waals surface area contributed by atoms with Crippen molar-refractivity contribution < 1.29 is 4.79 Å². The van der Waals surface area contributed by atoms with Crippen LogP contribution in [0.5, 0.6) is 0 Å². The molecule has 1 saturated heterocycles. The smallest absolute Gasteiger partial charge is 0.251 e. The number of nitrogens with one attached hydrogen (secondary N) is 2. The van der Waals surface area contributed by atoms with Crippen LogP contribution in [0, 0.1) is 5.92 Å². The van der Waals surface area contributed by atoms with Gasteiger partial charge in [-0.1, -0.05) is 18.2 Å².